The van der Waals surface area contributed by atoms with Gasteiger partial charge in [-0.25, -0.2) is 0 Å². The Bertz CT molecular complexity index is 1470. The van der Waals surface area contributed by atoms with E-state index in [0.717, 1.165) is 64.7 Å². The Balaban J connectivity index is 1.60. The van der Waals surface area contributed by atoms with Crippen molar-refractivity contribution >= 4 is 43.0 Å². The van der Waals surface area contributed by atoms with Crippen LogP contribution in [0.1, 0.15) is 19.4 Å². The lowest BCUT2D eigenvalue weighted by atomic mass is 10.0. The molecule has 0 amide bonds. The van der Waals surface area contributed by atoms with Gasteiger partial charge in [-0.05, 0) is 61.8 Å². The molecule has 1 N–H and O–H groups in total. The van der Waals surface area contributed by atoms with Gasteiger partial charge in [-0.3, -0.25) is 15.4 Å². The van der Waals surface area contributed by atoms with Crippen LogP contribution in [0.3, 0.4) is 0 Å². The SMILES string of the molecule is CCN(CC)CCN1Nc2c3cnccc3cc3c(OS(=O)(=O)c4ccc(C)cc4)ccc1c23. The second kappa shape index (κ2) is 8.77. The number of aryl methyl sites for hydroxylation is 1. The van der Waals surface area contributed by atoms with Crippen molar-refractivity contribution in [3.63, 3.8) is 0 Å². The highest BCUT2D eigenvalue weighted by Gasteiger charge is 2.27. The molecule has 2 heterocycles. The first-order valence-electron chi connectivity index (χ1n) is 11.5. The Hall–Kier alpha value is -3.36. The molecule has 1 aliphatic heterocycles. The number of fused-ring (bicyclic) bond motifs is 2. The van der Waals surface area contributed by atoms with Gasteiger partial charge in [-0.15, -0.1) is 0 Å². The van der Waals surface area contributed by atoms with Crippen LogP contribution in [0.2, 0.25) is 0 Å². The van der Waals surface area contributed by atoms with Gasteiger partial charge >= 0.3 is 10.1 Å². The Kier molecular flexibility index (Phi) is 5.79. The monoisotopic (exact) mass is 476 g/mol. The number of nitrogens with zero attached hydrogens (tertiary/aromatic N) is 3. The van der Waals surface area contributed by atoms with Gasteiger partial charge in [-0.2, -0.15) is 8.42 Å². The third kappa shape index (κ3) is 3.93. The first kappa shape index (κ1) is 22.4. The molecule has 0 spiro atoms. The van der Waals surface area contributed by atoms with E-state index in [9.17, 15) is 8.42 Å². The Morgan fingerprint density at radius 2 is 1.79 bits per heavy atom. The molecule has 0 unspecified atom stereocenters. The largest absolute Gasteiger partial charge is 0.378 e. The quantitative estimate of drug-likeness (QED) is 0.285. The molecule has 1 aromatic heterocycles. The number of anilines is 2. The van der Waals surface area contributed by atoms with E-state index in [1.54, 1.807) is 36.5 Å². The number of hydrogen-bond donors (Lipinski definition) is 1. The molecule has 0 atom stereocenters. The van der Waals surface area contributed by atoms with Crippen molar-refractivity contribution in [1.82, 2.24) is 9.88 Å². The van der Waals surface area contributed by atoms with Crippen LogP contribution in [-0.4, -0.2) is 44.5 Å². The van der Waals surface area contributed by atoms with E-state index in [4.69, 9.17) is 4.18 Å². The molecule has 0 aliphatic carbocycles. The first-order chi connectivity index (χ1) is 16.4. The Labute approximate surface area is 200 Å². The van der Waals surface area contributed by atoms with Crippen molar-refractivity contribution in [3.8, 4) is 5.75 Å². The predicted octanol–water partition coefficient (Wildman–Crippen LogP) is 4.95. The summed E-state index contributed by atoms with van der Waals surface area (Å²) in [6.07, 6.45) is 3.58. The Morgan fingerprint density at radius 3 is 2.53 bits per heavy atom. The van der Waals surface area contributed by atoms with Crippen LogP contribution in [-0.2, 0) is 10.1 Å². The van der Waals surface area contributed by atoms with Crippen molar-refractivity contribution in [2.24, 2.45) is 0 Å². The summed E-state index contributed by atoms with van der Waals surface area (Å²) in [6, 6.07) is 14.3. The summed E-state index contributed by atoms with van der Waals surface area (Å²) >= 11 is 0. The fourth-order valence-electron chi connectivity index (χ4n) is 4.46. The highest BCUT2D eigenvalue weighted by atomic mass is 32.2. The summed E-state index contributed by atoms with van der Waals surface area (Å²) in [7, 11) is -3.97. The second-order valence-electron chi connectivity index (χ2n) is 8.49. The van der Waals surface area contributed by atoms with Gasteiger partial charge in [0.1, 0.15) is 4.90 Å². The van der Waals surface area contributed by atoms with Gasteiger partial charge in [0, 0.05) is 35.1 Å². The van der Waals surface area contributed by atoms with E-state index >= 15 is 0 Å². The number of likely N-dealkylation sites (N-methyl/N-ethyl adjacent to an activating group) is 1. The first-order valence-corrected chi connectivity index (χ1v) is 12.9. The van der Waals surface area contributed by atoms with Gasteiger partial charge in [0.15, 0.2) is 5.75 Å². The zero-order chi connectivity index (χ0) is 23.9. The molecule has 5 rings (SSSR count). The molecule has 0 radical (unpaired) electrons. The predicted molar refractivity (Wildman–Crippen MR) is 137 cm³/mol. The van der Waals surface area contributed by atoms with E-state index in [1.807, 2.05) is 31.3 Å². The maximum absolute atomic E-state index is 13.0. The average Bonchev–Trinajstić information content (AvgIpc) is 3.21. The highest BCUT2D eigenvalue weighted by Crippen LogP contribution is 2.47. The maximum atomic E-state index is 13.0. The van der Waals surface area contributed by atoms with Gasteiger partial charge in [0.2, 0.25) is 0 Å². The van der Waals surface area contributed by atoms with Crippen LogP contribution in [0.5, 0.6) is 5.75 Å². The molecule has 8 heteroatoms. The van der Waals surface area contributed by atoms with E-state index < -0.39 is 10.1 Å². The zero-order valence-corrected chi connectivity index (χ0v) is 20.4. The third-order valence-corrected chi connectivity index (χ3v) is 7.69. The molecule has 0 saturated carbocycles. The second-order valence-corrected chi connectivity index (χ2v) is 10.0. The van der Waals surface area contributed by atoms with Gasteiger partial charge in [0.05, 0.1) is 17.9 Å². The highest BCUT2D eigenvalue weighted by molar-refractivity contribution is 7.87. The topological polar surface area (TPSA) is 74.8 Å². The smallest absolute Gasteiger partial charge is 0.339 e. The Morgan fingerprint density at radius 1 is 1.03 bits per heavy atom. The summed E-state index contributed by atoms with van der Waals surface area (Å²) in [4.78, 5) is 6.81. The van der Waals surface area contributed by atoms with Crippen LogP contribution >= 0.6 is 0 Å². The number of rotatable bonds is 8. The van der Waals surface area contributed by atoms with Crippen molar-refractivity contribution in [3.05, 3.63) is 66.5 Å². The maximum Gasteiger partial charge on any atom is 0.339 e. The molecular formula is C26H28N4O3S. The molecule has 7 nitrogen and oxygen atoms in total. The molecule has 4 aromatic rings. The lowest BCUT2D eigenvalue weighted by Crippen LogP contribution is -2.36. The van der Waals surface area contributed by atoms with E-state index in [1.165, 1.54) is 0 Å². The van der Waals surface area contributed by atoms with Crippen molar-refractivity contribution in [2.75, 3.05) is 36.6 Å². The lowest BCUT2D eigenvalue weighted by Gasteiger charge is -2.25. The normalized spacial score (nSPS) is 13.1. The molecule has 1 aliphatic rings. The average molecular weight is 477 g/mol. The van der Waals surface area contributed by atoms with Crippen LogP contribution in [0.25, 0.3) is 21.5 Å². The van der Waals surface area contributed by atoms with E-state index in [0.29, 0.717) is 5.75 Å². The molecule has 0 saturated heterocycles. The fraction of sp³-hybridized carbons (Fsp3) is 0.269. The summed E-state index contributed by atoms with van der Waals surface area (Å²) < 4.78 is 31.8. The molecule has 0 fully saturated rings. The fourth-order valence-corrected chi connectivity index (χ4v) is 5.41. The number of hydrazine groups is 1. The number of nitrogens with one attached hydrogen (secondary N) is 1. The van der Waals surface area contributed by atoms with E-state index in [-0.39, 0.29) is 4.90 Å². The van der Waals surface area contributed by atoms with Gasteiger partial charge in [-0.1, -0.05) is 31.5 Å². The van der Waals surface area contributed by atoms with Crippen molar-refractivity contribution in [1.29, 1.82) is 0 Å². The standard InChI is InChI=1S/C26H28N4O3S/c1-4-29(5-2)14-15-30-23-10-11-24(33-34(31,32)20-8-6-18(3)7-9-20)21-16-19-12-13-27-17-22(19)26(28-30)25(21)23/h6-13,16-17,28H,4-5,14-15H2,1-3H3. The molecular weight excluding hydrogens is 448 g/mol. The number of pyridine rings is 1. The van der Waals surface area contributed by atoms with Crippen LogP contribution in [0.15, 0.2) is 65.8 Å². The minimum atomic E-state index is -3.97. The lowest BCUT2D eigenvalue weighted by molar-refractivity contribution is 0.311. The minimum absolute atomic E-state index is 0.134. The number of hydrogen-bond acceptors (Lipinski definition) is 7. The van der Waals surface area contributed by atoms with Crippen molar-refractivity contribution in [2.45, 2.75) is 25.7 Å². The van der Waals surface area contributed by atoms with Crippen LogP contribution in [0, 0.1) is 6.92 Å². The van der Waals surface area contributed by atoms with Crippen LogP contribution < -0.4 is 14.6 Å². The summed E-state index contributed by atoms with van der Waals surface area (Å²) in [5.74, 6) is 0.312. The zero-order valence-electron chi connectivity index (χ0n) is 19.6. The minimum Gasteiger partial charge on any atom is -0.378 e. The molecule has 34 heavy (non-hydrogen) atoms. The van der Waals surface area contributed by atoms with Crippen molar-refractivity contribution < 1.29 is 12.6 Å². The molecule has 0 bridgehead atoms. The van der Waals surface area contributed by atoms with Gasteiger partial charge < -0.3 is 9.08 Å². The molecule has 3 aromatic carbocycles. The summed E-state index contributed by atoms with van der Waals surface area (Å²) in [5, 5.41) is 5.77. The third-order valence-electron chi connectivity index (χ3n) is 6.44. The molecule has 176 valence electrons. The van der Waals surface area contributed by atoms with Crippen LogP contribution in [0.4, 0.5) is 11.4 Å². The van der Waals surface area contributed by atoms with Gasteiger partial charge in [0.25, 0.3) is 0 Å². The summed E-state index contributed by atoms with van der Waals surface area (Å²) in [6.45, 7) is 9.91. The number of benzene rings is 3. The van der Waals surface area contributed by atoms with E-state index in [2.05, 4.69) is 34.2 Å². The number of aromatic nitrogens is 1. The summed E-state index contributed by atoms with van der Waals surface area (Å²) in [5.41, 5.74) is 6.46.